The van der Waals surface area contributed by atoms with Crippen LogP contribution in [0, 0.1) is 6.92 Å². The standard InChI is InChI=1S/C19H28N6S.HI/c1-3-23(17-6-4-5-16(2)15-17)9-7-21-18(20)24-10-12-25(13-11-24)19-22-8-14-26-19;/h4-6,8,14-15H,3,7,9-13H2,1-2H3,(H2,20,21);1H. The Hall–Kier alpha value is -1.55. The van der Waals surface area contributed by atoms with Gasteiger partial charge < -0.3 is 20.4 Å². The van der Waals surface area contributed by atoms with Gasteiger partial charge in [-0.25, -0.2) is 4.98 Å². The van der Waals surface area contributed by atoms with Gasteiger partial charge in [-0.3, -0.25) is 4.99 Å². The topological polar surface area (TPSA) is 61.0 Å². The van der Waals surface area contributed by atoms with Crippen LogP contribution < -0.4 is 15.5 Å². The Morgan fingerprint density at radius 3 is 2.70 bits per heavy atom. The highest BCUT2D eigenvalue weighted by Gasteiger charge is 2.19. The molecular weight excluding hydrogens is 471 g/mol. The molecule has 148 valence electrons. The number of likely N-dealkylation sites (N-methyl/N-ethyl adjacent to an activating group) is 1. The number of anilines is 2. The Kier molecular flexibility index (Phi) is 8.62. The van der Waals surface area contributed by atoms with Crippen molar-refractivity contribution < 1.29 is 0 Å². The van der Waals surface area contributed by atoms with Crippen molar-refractivity contribution in [1.82, 2.24) is 9.88 Å². The zero-order chi connectivity index (χ0) is 18.4. The summed E-state index contributed by atoms with van der Waals surface area (Å²) in [5.74, 6) is 0.657. The van der Waals surface area contributed by atoms with Crippen molar-refractivity contribution in [2.45, 2.75) is 13.8 Å². The molecule has 2 heterocycles. The fourth-order valence-electron chi connectivity index (χ4n) is 3.18. The number of rotatable bonds is 6. The highest BCUT2D eigenvalue weighted by atomic mass is 127. The van der Waals surface area contributed by atoms with E-state index in [1.807, 2.05) is 11.6 Å². The molecule has 2 aromatic rings. The Morgan fingerprint density at radius 1 is 1.30 bits per heavy atom. The minimum atomic E-state index is 0. The number of thiazole rings is 1. The summed E-state index contributed by atoms with van der Waals surface area (Å²) in [6, 6.07) is 8.60. The molecule has 1 aliphatic heterocycles. The van der Waals surface area contributed by atoms with Gasteiger partial charge in [0.15, 0.2) is 11.1 Å². The third-order valence-corrected chi connectivity index (χ3v) is 5.52. The highest BCUT2D eigenvalue weighted by molar-refractivity contribution is 14.0. The smallest absolute Gasteiger partial charge is 0.191 e. The molecule has 0 spiro atoms. The first-order chi connectivity index (χ1) is 12.7. The van der Waals surface area contributed by atoms with Crippen LogP contribution in [-0.4, -0.2) is 61.7 Å². The lowest BCUT2D eigenvalue weighted by Gasteiger charge is -2.35. The second kappa shape index (κ2) is 10.7. The van der Waals surface area contributed by atoms with Crippen LogP contribution in [-0.2, 0) is 0 Å². The SMILES string of the molecule is CCN(CCN=C(N)N1CCN(c2nccs2)CC1)c1cccc(C)c1.I. The maximum absolute atomic E-state index is 6.23. The summed E-state index contributed by atoms with van der Waals surface area (Å²) in [6.45, 7) is 10.5. The number of aliphatic imine (C=N–C) groups is 1. The summed E-state index contributed by atoms with van der Waals surface area (Å²) >= 11 is 1.69. The predicted molar refractivity (Wildman–Crippen MR) is 127 cm³/mol. The van der Waals surface area contributed by atoms with E-state index in [2.05, 4.69) is 62.8 Å². The minimum Gasteiger partial charge on any atom is -0.370 e. The molecule has 1 aliphatic rings. The average Bonchev–Trinajstić information content (AvgIpc) is 3.20. The summed E-state index contributed by atoms with van der Waals surface area (Å²) in [5, 5.41) is 3.11. The molecular formula is C19H29IN6S. The van der Waals surface area contributed by atoms with E-state index < -0.39 is 0 Å². The molecule has 0 saturated carbocycles. The summed E-state index contributed by atoms with van der Waals surface area (Å²) < 4.78 is 0. The molecule has 0 amide bonds. The number of hydrogen-bond acceptors (Lipinski definition) is 5. The molecule has 6 nitrogen and oxygen atoms in total. The van der Waals surface area contributed by atoms with Gasteiger partial charge in [-0.1, -0.05) is 12.1 Å². The van der Waals surface area contributed by atoms with Crippen molar-refractivity contribution in [3.63, 3.8) is 0 Å². The lowest BCUT2D eigenvalue weighted by Crippen LogP contribution is -2.51. The van der Waals surface area contributed by atoms with E-state index in [1.54, 1.807) is 11.3 Å². The van der Waals surface area contributed by atoms with Crippen molar-refractivity contribution in [3.05, 3.63) is 41.4 Å². The second-order valence-electron chi connectivity index (χ2n) is 6.45. The van der Waals surface area contributed by atoms with Gasteiger partial charge in [0.2, 0.25) is 0 Å². The fraction of sp³-hybridized carbons (Fsp3) is 0.474. The highest BCUT2D eigenvalue weighted by Crippen LogP contribution is 2.19. The largest absolute Gasteiger partial charge is 0.370 e. The summed E-state index contributed by atoms with van der Waals surface area (Å²) in [4.78, 5) is 15.8. The Bertz CT molecular complexity index is 713. The van der Waals surface area contributed by atoms with Crippen molar-refractivity contribution in [2.75, 3.05) is 55.6 Å². The van der Waals surface area contributed by atoms with E-state index >= 15 is 0 Å². The number of nitrogens with two attached hydrogens (primary N) is 1. The number of piperazine rings is 1. The molecule has 0 unspecified atom stereocenters. The zero-order valence-electron chi connectivity index (χ0n) is 16.0. The second-order valence-corrected chi connectivity index (χ2v) is 7.32. The van der Waals surface area contributed by atoms with Gasteiger partial charge in [-0.05, 0) is 31.5 Å². The van der Waals surface area contributed by atoms with E-state index in [1.165, 1.54) is 11.3 Å². The Morgan fingerprint density at radius 2 is 2.07 bits per heavy atom. The van der Waals surface area contributed by atoms with E-state index in [-0.39, 0.29) is 24.0 Å². The van der Waals surface area contributed by atoms with Crippen molar-refractivity contribution in [3.8, 4) is 0 Å². The van der Waals surface area contributed by atoms with Gasteiger partial charge in [0.1, 0.15) is 0 Å². The molecule has 2 N–H and O–H groups in total. The van der Waals surface area contributed by atoms with Gasteiger partial charge in [-0.2, -0.15) is 0 Å². The van der Waals surface area contributed by atoms with Crippen molar-refractivity contribution >= 4 is 52.1 Å². The number of aryl methyl sites for hydroxylation is 1. The summed E-state index contributed by atoms with van der Waals surface area (Å²) in [6.07, 6.45) is 1.86. The van der Waals surface area contributed by atoms with Crippen LogP contribution >= 0.6 is 35.3 Å². The van der Waals surface area contributed by atoms with Crippen LogP contribution in [0.1, 0.15) is 12.5 Å². The van der Waals surface area contributed by atoms with E-state index in [0.717, 1.165) is 44.4 Å². The molecule has 1 aromatic heterocycles. The molecule has 0 aliphatic carbocycles. The number of hydrogen-bond donors (Lipinski definition) is 1. The monoisotopic (exact) mass is 500 g/mol. The number of nitrogens with zero attached hydrogens (tertiary/aromatic N) is 5. The zero-order valence-corrected chi connectivity index (χ0v) is 19.2. The number of guanidine groups is 1. The molecule has 0 radical (unpaired) electrons. The molecule has 0 atom stereocenters. The third-order valence-electron chi connectivity index (χ3n) is 4.69. The first-order valence-electron chi connectivity index (χ1n) is 9.18. The van der Waals surface area contributed by atoms with E-state index in [4.69, 9.17) is 5.73 Å². The molecule has 3 rings (SSSR count). The van der Waals surface area contributed by atoms with Crippen molar-refractivity contribution in [1.29, 1.82) is 0 Å². The number of halogens is 1. The molecule has 1 aromatic carbocycles. The quantitative estimate of drug-likeness (QED) is 0.376. The predicted octanol–water partition coefficient (Wildman–Crippen LogP) is 3.03. The Balaban J connectivity index is 0.00000261. The van der Waals surface area contributed by atoms with Gasteiger partial charge in [0, 0.05) is 56.5 Å². The lowest BCUT2D eigenvalue weighted by atomic mass is 10.2. The number of benzene rings is 1. The first kappa shape index (κ1) is 21.7. The maximum atomic E-state index is 6.23. The first-order valence-corrected chi connectivity index (χ1v) is 10.1. The van der Waals surface area contributed by atoms with Gasteiger partial charge >= 0.3 is 0 Å². The summed E-state index contributed by atoms with van der Waals surface area (Å²) in [5.41, 5.74) is 8.76. The van der Waals surface area contributed by atoms with Crippen LogP contribution in [0.15, 0.2) is 40.8 Å². The van der Waals surface area contributed by atoms with Gasteiger partial charge in [0.25, 0.3) is 0 Å². The number of aromatic nitrogens is 1. The lowest BCUT2D eigenvalue weighted by molar-refractivity contribution is 0.380. The van der Waals surface area contributed by atoms with Crippen LogP contribution in [0.2, 0.25) is 0 Å². The van der Waals surface area contributed by atoms with Crippen LogP contribution in [0.5, 0.6) is 0 Å². The van der Waals surface area contributed by atoms with E-state index in [9.17, 15) is 0 Å². The minimum absolute atomic E-state index is 0. The van der Waals surface area contributed by atoms with Gasteiger partial charge in [0.05, 0.1) is 6.54 Å². The maximum Gasteiger partial charge on any atom is 0.191 e. The van der Waals surface area contributed by atoms with E-state index in [0.29, 0.717) is 12.5 Å². The molecule has 1 fully saturated rings. The molecule has 27 heavy (non-hydrogen) atoms. The van der Waals surface area contributed by atoms with Crippen LogP contribution in [0.3, 0.4) is 0 Å². The normalized spacial score (nSPS) is 14.8. The van der Waals surface area contributed by atoms with Crippen LogP contribution in [0.25, 0.3) is 0 Å². The average molecular weight is 500 g/mol. The molecule has 8 heteroatoms. The molecule has 1 saturated heterocycles. The van der Waals surface area contributed by atoms with Crippen LogP contribution in [0.4, 0.5) is 10.8 Å². The van der Waals surface area contributed by atoms with Gasteiger partial charge in [-0.15, -0.1) is 35.3 Å². The van der Waals surface area contributed by atoms with Crippen molar-refractivity contribution in [2.24, 2.45) is 10.7 Å². The fourth-order valence-corrected chi connectivity index (χ4v) is 3.88. The summed E-state index contributed by atoms with van der Waals surface area (Å²) in [7, 11) is 0. The Labute approximate surface area is 183 Å². The molecule has 0 bridgehead atoms. The third kappa shape index (κ3) is 5.97.